The summed E-state index contributed by atoms with van der Waals surface area (Å²) in [6.45, 7) is 33.0. The summed E-state index contributed by atoms with van der Waals surface area (Å²) in [5.74, 6) is 0.740. The van der Waals surface area contributed by atoms with Gasteiger partial charge in [0.25, 0.3) is 0 Å². The number of nitrogens with zero attached hydrogens (tertiary/aromatic N) is 2. The van der Waals surface area contributed by atoms with Gasteiger partial charge in [-0.3, -0.25) is 0 Å². The molecule has 1 unspecified atom stereocenters. The van der Waals surface area contributed by atoms with Gasteiger partial charge in [0.05, 0.1) is 0 Å². The maximum Gasteiger partial charge on any atom is 0.146 e. The summed E-state index contributed by atoms with van der Waals surface area (Å²) in [4.78, 5) is 8.87. The van der Waals surface area contributed by atoms with Crippen molar-refractivity contribution < 1.29 is 4.74 Å². The lowest BCUT2D eigenvalue weighted by atomic mass is 10.0. The summed E-state index contributed by atoms with van der Waals surface area (Å²) >= 11 is 0. The second kappa shape index (κ2) is 15.2. The zero-order valence-electron chi connectivity index (χ0n) is 19.1. The molecule has 0 aromatic rings. The monoisotopic (exact) mass is 414 g/mol. The molecule has 162 valence electrons. The first-order valence-electron chi connectivity index (χ1n) is 9.83. The van der Waals surface area contributed by atoms with Crippen LogP contribution in [-0.4, -0.2) is 12.1 Å². The van der Waals surface area contributed by atoms with Gasteiger partial charge in [0.1, 0.15) is 23.6 Å². The van der Waals surface area contributed by atoms with Gasteiger partial charge in [-0.1, -0.05) is 95.5 Å². The Kier molecular flexibility index (Phi) is 13.3. The average Bonchev–Trinajstić information content (AvgIpc) is 2.73. The van der Waals surface area contributed by atoms with Gasteiger partial charge in [-0.25, -0.2) is 9.98 Å². The van der Waals surface area contributed by atoms with E-state index in [0.29, 0.717) is 22.7 Å². The van der Waals surface area contributed by atoms with Gasteiger partial charge in [-0.05, 0) is 37.1 Å². The van der Waals surface area contributed by atoms with Crippen LogP contribution in [0.15, 0.2) is 145 Å². The summed E-state index contributed by atoms with van der Waals surface area (Å²) in [6.07, 6.45) is 17.9. The maximum atomic E-state index is 5.66. The molecule has 0 aliphatic rings. The number of aliphatic imine (C=N–C) groups is 2. The molecule has 0 fully saturated rings. The van der Waals surface area contributed by atoms with Crippen LogP contribution in [0, 0.1) is 5.92 Å². The summed E-state index contributed by atoms with van der Waals surface area (Å²) in [6, 6.07) is 0. The molecule has 0 aromatic carbocycles. The van der Waals surface area contributed by atoms with Crippen molar-refractivity contribution in [1.82, 2.24) is 0 Å². The zero-order chi connectivity index (χ0) is 23.8. The highest BCUT2D eigenvalue weighted by Gasteiger charge is 2.12. The minimum absolute atomic E-state index is 0.0974. The first-order chi connectivity index (χ1) is 14.7. The second-order valence-electron chi connectivity index (χ2n) is 6.51. The van der Waals surface area contributed by atoms with E-state index in [-0.39, 0.29) is 11.7 Å². The molecule has 3 nitrogen and oxygen atoms in total. The molecule has 0 radical (unpaired) electrons. The van der Waals surface area contributed by atoms with E-state index in [1.807, 2.05) is 63.3 Å². The Hall–Kier alpha value is -3.72. The minimum Gasteiger partial charge on any atom is -0.456 e. The highest BCUT2D eigenvalue weighted by atomic mass is 16.5. The predicted octanol–water partition coefficient (Wildman–Crippen LogP) is 7.77. The number of rotatable bonds is 14. The van der Waals surface area contributed by atoms with E-state index >= 15 is 0 Å². The molecule has 0 heterocycles. The third kappa shape index (κ3) is 11.1. The molecule has 1 atom stereocenters. The van der Waals surface area contributed by atoms with Gasteiger partial charge in [-0.2, -0.15) is 0 Å². The Labute approximate surface area is 188 Å². The van der Waals surface area contributed by atoms with Crippen LogP contribution in [0.1, 0.15) is 20.8 Å². The predicted molar refractivity (Wildman–Crippen MR) is 139 cm³/mol. The van der Waals surface area contributed by atoms with Crippen molar-refractivity contribution in [3.63, 3.8) is 0 Å². The highest BCUT2D eigenvalue weighted by Crippen LogP contribution is 2.17. The van der Waals surface area contributed by atoms with Crippen molar-refractivity contribution in [3.05, 3.63) is 135 Å². The van der Waals surface area contributed by atoms with Crippen LogP contribution in [0.5, 0.6) is 0 Å². The maximum absolute atomic E-state index is 5.66. The average molecular weight is 415 g/mol. The van der Waals surface area contributed by atoms with E-state index < -0.39 is 0 Å². The van der Waals surface area contributed by atoms with Crippen LogP contribution in [0.25, 0.3) is 0 Å². The molecule has 0 amide bonds. The van der Waals surface area contributed by atoms with E-state index in [2.05, 4.69) is 56.0 Å². The molecule has 0 saturated carbocycles. The van der Waals surface area contributed by atoms with Crippen LogP contribution in [0.2, 0.25) is 0 Å². The summed E-state index contributed by atoms with van der Waals surface area (Å²) < 4.78 is 5.66. The summed E-state index contributed by atoms with van der Waals surface area (Å²) in [5, 5.41) is 0. The normalized spacial score (nSPS) is 13.6. The third-order valence-corrected chi connectivity index (χ3v) is 3.90. The molecule has 0 spiro atoms. The van der Waals surface area contributed by atoms with Crippen molar-refractivity contribution in [1.29, 1.82) is 0 Å². The molecule has 0 N–H and O–H groups in total. The molecule has 0 saturated heterocycles. The van der Waals surface area contributed by atoms with Crippen LogP contribution in [0.3, 0.4) is 0 Å². The van der Waals surface area contributed by atoms with E-state index in [4.69, 9.17) is 4.74 Å². The number of hydrogen-bond acceptors (Lipinski definition) is 2. The Morgan fingerprint density at radius 3 is 2.10 bits per heavy atom. The largest absolute Gasteiger partial charge is 0.456 e. The Balaban J connectivity index is 6.39. The molecular weight excluding hydrogens is 380 g/mol. The molecule has 0 aromatic heterocycles. The van der Waals surface area contributed by atoms with Crippen LogP contribution < -0.4 is 0 Å². The van der Waals surface area contributed by atoms with Gasteiger partial charge in [0.15, 0.2) is 0 Å². The fourth-order valence-corrected chi connectivity index (χ4v) is 2.16. The number of allylic oxidation sites excluding steroid dienone is 12. The highest BCUT2D eigenvalue weighted by molar-refractivity contribution is 6.15. The topological polar surface area (TPSA) is 34.0 Å². The summed E-state index contributed by atoms with van der Waals surface area (Å²) in [5.41, 5.74) is 3.36. The second-order valence-corrected chi connectivity index (χ2v) is 6.51. The SMILES string of the molecule is C=CC(=C)\C=C/C(=C\C(=C)/C=C\C)C(=N/C=N\C(=C)C(C)/C=C\C)/C(=C)OC(=C)C=C. The van der Waals surface area contributed by atoms with Crippen molar-refractivity contribution in [3.8, 4) is 0 Å². The van der Waals surface area contributed by atoms with Gasteiger partial charge in [-0.15, -0.1) is 0 Å². The lowest BCUT2D eigenvalue weighted by Gasteiger charge is -2.12. The van der Waals surface area contributed by atoms with E-state index in [0.717, 1.165) is 11.1 Å². The molecule has 3 heteroatoms. The lowest BCUT2D eigenvalue weighted by Crippen LogP contribution is -2.08. The smallest absolute Gasteiger partial charge is 0.146 e. The van der Waals surface area contributed by atoms with Crippen molar-refractivity contribution >= 4 is 12.1 Å². The number of ether oxygens (including phenoxy) is 1. The Morgan fingerprint density at radius 1 is 0.871 bits per heavy atom. The third-order valence-electron chi connectivity index (χ3n) is 3.90. The fourth-order valence-electron chi connectivity index (χ4n) is 2.16. The van der Waals surface area contributed by atoms with Crippen molar-refractivity contribution in [2.45, 2.75) is 20.8 Å². The Morgan fingerprint density at radius 2 is 1.55 bits per heavy atom. The molecule has 0 rings (SSSR count). The fraction of sp³-hybridized carbons (Fsp3) is 0.143. The molecule has 0 aliphatic heterocycles. The van der Waals surface area contributed by atoms with Crippen LogP contribution in [-0.2, 0) is 4.74 Å². The first kappa shape index (κ1) is 27.3. The molecule has 31 heavy (non-hydrogen) atoms. The molecule has 0 bridgehead atoms. The zero-order valence-corrected chi connectivity index (χ0v) is 19.1. The van der Waals surface area contributed by atoms with Gasteiger partial charge >= 0.3 is 0 Å². The molecular formula is C28H34N2O. The van der Waals surface area contributed by atoms with E-state index in [1.54, 1.807) is 6.08 Å². The first-order valence-corrected chi connectivity index (χ1v) is 9.83. The van der Waals surface area contributed by atoms with Gasteiger partial charge < -0.3 is 4.74 Å². The van der Waals surface area contributed by atoms with E-state index in [9.17, 15) is 0 Å². The lowest BCUT2D eigenvalue weighted by molar-refractivity contribution is 0.349. The van der Waals surface area contributed by atoms with Crippen LogP contribution >= 0.6 is 0 Å². The molecule has 0 aliphatic carbocycles. The minimum atomic E-state index is 0.0974. The van der Waals surface area contributed by atoms with Crippen molar-refractivity contribution in [2.24, 2.45) is 15.9 Å². The van der Waals surface area contributed by atoms with Crippen LogP contribution in [0.4, 0.5) is 0 Å². The standard InChI is InChI=1S/C28H34N2O/c1-11-15-22(6)19-27(18-17-21(5)13-3)28(26(10)31-24(8)14-4)30-20-29-25(9)23(7)16-12-2/h11-20,23H,3-6,8-10H2,1-2,7H3/b15-11-,16-12-,18-17-,27-19+,29-20-,30-28+. The quantitative estimate of drug-likeness (QED) is 0.0939. The van der Waals surface area contributed by atoms with Gasteiger partial charge in [0, 0.05) is 17.2 Å². The van der Waals surface area contributed by atoms with E-state index in [1.165, 1.54) is 12.4 Å². The van der Waals surface area contributed by atoms with Crippen molar-refractivity contribution in [2.75, 3.05) is 0 Å². The Bertz CT molecular complexity index is 915. The summed E-state index contributed by atoms with van der Waals surface area (Å²) in [7, 11) is 0. The van der Waals surface area contributed by atoms with Gasteiger partial charge in [0.2, 0.25) is 0 Å². The number of hydrogen-bond donors (Lipinski definition) is 0.